The van der Waals surface area contributed by atoms with Crippen molar-refractivity contribution in [3.05, 3.63) is 0 Å². The standard InChI is InChI=1S/C36H70O4/c1-3-5-7-9-11-13-15-17-18-20-22-26-30-34(31-27-24-25-28-32-35(37)38)40-36(39)33-29-23-21-19-16-14-12-10-8-6-4-2/h34H,3-33H2,1-2H3,(H,37,38). The molecule has 0 amide bonds. The minimum Gasteiger partial charge on any atom is -0.481 e. The molecule has 0 saturated carbocycles. The van der Waals surface area contributed by atoms with Crippen LogP contribution in [0.1, 0.15) is 213 Å². The molecule has 1 unspecified atom stereocenters. The number of carbonyl (C=O) groups excluding carboxylic acids is 1. The highest BCUT2D eigenvalue weighted by molar-refractivity contribution is 5.69. The van der Waals surface area contributed by atoms with E-state index < -0.39 is 5.97 Å². The van der Waals surface area contributed by atoms with Gasteiger partial charge in [0.05, 0.1) is 0 Å². The van der Waals surface area contributed by atoms with Crippen molar-refractivity contribution in [1.82, 2.24) is 0 Å². The van der Waals surface area contributed by atoms with Crippen molar-refractivity contribution in [1.29, 1.82) is 0 Å². The summed E-state index contributed by atoms with van der Waals surface area (Å²) in [5.41, 5.74) is 0. The predicted molar refractivity (Wildman–Crippen MR) is 172 cm³/mol. The van der Waals surface area contributed by atoms with Gasteiger partial charge in [0.1, 0.15) is 6.10 Å². The first-order valence-electron chi connectivity index (χ1n) is 18.0. The zero-order valence-electron chi connectivity index (χ0n) is 27.2. The van der Waals surface area contributed by atoms with Crippen molar-refractivity contribution in [2.75, 3.05) is 0 Å². The lowest BCUT2D eigenvalue weighted by Crippen LogP contribution is -2.18. The Balaban J connectivity index is 3.99. The monoisotopic (exact) mass is 567 g/mol. The number of rotatable bonds is 33. The molecule has 40 heavy (non-hydrogen) atoms. The molecule has 1 N–H and O–H groups in total. The van der Waals surface area contributed by atoms with E-state index >= 15 is 0 Å². The SMILES string of the molecule is CCCCCCCCCCCCCCC(CCCCCCC(=O)O)OC(=O)CCCCCCCCCCCCC. The van der Waals surface area contributed by atoms with Gasteiger partial charge in [-0.2, -0.15) is 0 Å². The molecular formula is C36H70O4. The van der Waals surface area contributed by atoms with E-state index in [1.54, 1.807) is 0 Å². The fraction of sp³-hybridized carbons (Fsp3) is 0.944. The van der Waals surface area contributed by atoms with Crippen molar-refractivity contribution >= 4 is 11.9 Å². The number of unbranched alkanes of at least 4 members (excludes halogenated alkanes) is 24. The molecule has 0 rings (SSSR count). The summed E-state index contributed by atoms with van der Waals surface area (Å²) in [6, 6.07) is 0. The van der Waals surface area contributed by atoms with Crippen LogP contribution < -0.4 is 0 Å². The summed E-state index contributed by atoms with van der Waals surface area (Å²) in [5, 5.41) is 8.82. The zero-order chi connectivity index (χ0) is 29.4. The van der Waals surface area contributed by atoms with E-state index in [-0.39, 0.29) is 18.5 Å². The summed E-state index contributed by atoms with van der Waals surface area (Å²) in [5.74, 6) is -0.716. The first kappa shape index (κ1) is 38.9. The fourth-order valence-electron chi connectivity index (χ4n) is 5.66. The lowest BCUT2D eigenvalue weighted by atomic mass is 10.0. The van der Waals surface area contributed by atoms with E-state index in [0.29, 0.717) is 6.42 Å². The van der Waals surface area contributed by atoms with Crippen molar-refractivity contribution in [3.8, 4) is 0 Å². The quantitative estimate of drug-likeness (QED) is 0.0633. The van der Waals surface area contributed by atoms with Crippen molar-refractivity contribution in [2.45, 2.75) is 219 Å². The van der Waals surface area contributed by atoms with E-state index in [0.717, 1.165) is 57.8 Å². The molecule has 0 heterocycles. The minimum absolute atomic E-state index is 0.00858. The Morgan fingerprint density at radius 2 is 0.750 bits per heavy atom. The lowest BCUT2D eigenvalue weighted by molar-refractivity contribution is -0.150. The molecule has 0 fully saturated rings. The number of carboxylic acids is 1. The van der Waals surface area contributed by atoms with E-state index in [9.17, 15) is 9.59 Å². The summed E-state index contributed by atoms with van der Waals surface area (Å²) in [6.45, 7) is 4.54. The fourth-order valence-corrected chi connectivity index (χ4v) is 5.66. The van der Waals surface area contributed by atoms with Crippen LogP contribution in [0.5, 0.6) is 0 Å². The smallest absolute Gasteiger partial charge is 0.306 e. The van der Waals surface area contributed by atoms with Gasteiger partial charge in [0.2, 0.25) is 0 Å². The van der Waals surface area contributed by atoms with Crippen LogP contribution >= 0.6 is 0 Å². The summed E-state index contributed by atoms with van der Waals surface area (Å²) in [6.07, 6.45) is 36.8. The summed E-state index contributed by atoms with van der Waals surface area (Å²) < 4.78 is 5.95. The molecular weight excluding hydrogens is 496 g/mol. The van der Waals surface area contributed by atoms with Gasteiger partial charge in [0.15, 0.2) is 0 Å². The number of aliphatic carboxylic acids is 1. The van der Waals surface area contributed by atoms with Crippen LogP contribution in [0, 0.1) is 0 Å². The number of ether oxygens (including phenoxy) is 1. The van der Waals surface area contributed by atoms with Gasteiger partial charge < -0.3 is 9.84 Å². The molecule has 0 aliphatic rings. The number of esters is 1. The third kappa shape index (κ3) is 31.5. The van der Waals surface area contributed by atoms with Crippen LogP contribution in [0.15, 0.2) is 0 Å². The summed E-state index contributed by atoms with van der Waals surface area (Å²) in [7, 11) is 0. The Bertz CT molecular complexity index is 533. The lowest BCUT2D eigenvalue weighted by Gasteiger charge is -2.18. The van der Waals surface area contributed by atoms with Crippen molar-refractivity contribution in [2.24, 2.45) is 0 Å². The van der Waals surface area contributed by atoms with E-state index in [4.69, 9.17) is 9.84 Å². The summed E-state index contributed by atoms with van der Waals surface area (Å²) in [4.78, 5) is 23.3. The molecule has 0 bridgehead atoms. The second-order valence-electron chi connectivity index (χ2n) is 12.4. The second kappa shape index (κ2) is 32.5. The van der Waals surface area contributed by atoms with Gasteiger partial charge in [-0.3, -0.25) is 9.59 Å². The average molecular weight is 567 g/mol. The van der Waals surface area contributed by atoms with Gasteiger partial charge in [-0.05, 0) is 38.5 Å². The van der Waals surface area contributed by atoms with Crippen LogP contribution in [0.25, 0.3) is 0 Å². The number of carboxylic acid groups (broad SMARTS) is 1. The third-order valence-electron chi connectivity index (χ3n) is 8.33. The van der Waals surface area contributed by atoms with Crippen LogP contribution in [-0.4, -0.2) is 23.1 Å². The highest BCUT2D eigenvalue weighted by Crippen LogP contribution is 2.19. The molecule has 0 aromatic rings. The highest BCUT2D eigenvalue weighted by Gasteiger charge is 2.14. The van der Waals surface area contributed by atoms with Gasteiger partial charge in [-0.1, -0.05) is 162 Å². The minimum atomic E-state index is -0.707. The van der Waals surface area contributed by atoms with E-state index in [1.165, 1.54) is 128 Å². The molecule has 1 atom stereocenters. The Morgan fingerprint density at radius 3 is 1.10 bits per heavy atom. The highest BCUT2D eigenvalue weighted by atomic mass is 16.5. The molecule has 0 aliphatic heterocycles. The maximum Gasteiger partial charge on any atom is 0.306 e. The molecule has 0 aromatic heterocycles. The third-order valence-corrected chi connectivity index (χ3v) is 8.33. The average Bonchev–Trinajstić information content (AvgIpc) is 2.93. The molecule has 0 saturated heterocycles. The topological polar surface area (TPSA) is 63.6 Å². The number of hydrogen-bond acceptors (Lipinski definition) is 3. The zero-order valence-corrected chi connectivity index (χ0v) is 27.2. The molecule has 0 spiro atoms. The van der Waals surface area contributed by atoms with Gasteiger partial charge in [0, 0.05) is 12.8 Å². The maximum absolute atomic E-state index is 12.6. The largest absolute Gasteiger partial charge is 0.481 e. The van der Waals surface area contributed by atoms with E-state index in [1.807, 2.05) is 0 Å². The van der Waals surface area contributed by atoms with Gasteiger partial charge in [-0.25, -0.2) is 0 Å². The normalized spacial score (nSPS) is 12.1. The maximum atomic E-state index is 12.6. The second-order valence-corrected chi connectivity index (χ2v) is 12.4. The van der Waals surface area contributed by atoms with Crippen LogP contribution in [0.4, 0.5) is 0 Å². The van der Waals surface area contributed by atoms with Crippen LogP contribution in [0.3, 0.4) is 0 Å². The Hall–Kier alpha value is -1.06. The molecule has 0 radical (unpaired) electrons. The molecule has 0 aromatic carbocycles. The Kier molecular flexibility index (Phi) is 31.6. The van der Waals surface area contributed by atoms with Crippen LogP contribution in [0.2, 0.25) is 0 Å². The summed E-state index contributed by atoms with van der Waals surface area (Å²) >= 11 is 0. The van der Waals surface area contributed by atoms with E-state index in [2.05, 4.69) is 13.8 Å². The number of hydrogen-bond donors (Lipinski definition) is 1. The number of carbonyl (C=O) groups is 2. The first-order valence-corrected chi connectivity index (χ1v) is 18.0. The molecule has 238 valence electrons. The van der Waals surface area contributed by atoms with Gasteiger partial charge in [0.25, 0.3) is 0 Å². The molecule has 4 heteroatoms. The van der Waals surface area contributed by atoms with Crippen molar-refractivity contribution in [3.63, 3.8) is 0 Å². The molecule has 0 aliphatic carbocycles. The first-order chi connectivity index (χ1) is 19.6. The predicted octanol–water partition coefficient (Wildman–Crippen LogP) is 12.1. The molecule has 4 nitrogen and oxygen atoms in total. The van der Waals surface area contributed by atoms with Crippen molar-refractivity contribution < 1.29 is 19.4 Å². The van der Waals surface area contributed by atoms with Gasteiger partial charge in [-0.15, -0.1) is 0 Å². The Labute approximate surface area is 250 Å². The Morgan fingerprint density at radius 1 is 0.450 bits per heavy atom. The van der Waals surface area contributed by atoms with Gasteiger partial charge >= 0.3 is 11.9 Å². The van der Waals surface area contributed by atoms with Crippen LogP contribution in [-0.2, 0) is 14.3 Å².